The minimum absolute atomic E-state index is 0. The van der Waals surface area contributed by atoms with Crippen LogP contribution in [-0.2, 0) is 16.1 Å². The van der Waals surface area contributed by atoms with Gasteiger partial charge in [0.25, 0.3) is 5.91 Å². The molecule has 5 rings (SSSR count). The standard InChI is InChI=1S/C35H42N4O5.H3N/c1-37(33(40)28-13-11-26(12-14-28)25-39-19-15-29(16-20-39)34(41)42)23-24-38-21-17-30(18-22-38)44-35(43)36-32-10-6-5-9-31(32)27-7-3-2-4-8-27;/h2-14,29-30H,15-25H2,1H3,(H,36,43)(H,41,42);1H3. The number of rotatable bonds is 10. The number of carbonyl (C=O) groups is 3. The average molecular weight is 616 g/mol. The number of carboxylic acids is 1. The molecular formula is C35H45N5O5. The molecule has 45 heavy (non-hydrogen) atoms. The fraction of sp³-hybridized carbons (Fsp3) is 0.400. The second-order valence-corrected chi connectivity index (χ2v) is 11.8. The monoisotopic (exact) mass is 615 g/mol. The van der Waals surface area contributed by atoms with Crippen molar-refractivity contribution in [3.8, 4) is 11.1 Å². The number of anilines is 1. The summed E-state index contributed by atoms with van der Waals surface area (Å²) in [5, 5.41) is 14.0. The highest BCUT2D eigenvalue weighted by Gasteiger charge is 2.24. The number of amides is 2. The maximum Gasteiger partial charge on any atom is 0.411 e. The number of hydrogen-bond acceptors (Lipinski definition) is 7. The minimum Gasteiger partial charge on any atom is -0.550 e. The molecule has 0 unspecified atom stereocenters. The second-order valence-electron chi connectivity index (χ2n) is 11.8. The molecule has 0 saturated carbocycles. The first-order valence-electron chi connectivity index (χ1n) is 15.5. The van der Waals surface area contributed by atoms with E-state index in [9.17, 15) is 19.5 Å². The normalized spacial score (nSPS) is 16.4. The van der Waals surface area contributed by atoms with Crippen molar-refractivity contribution >= 4 is 23.7 Å². The van der Waals surface area contributed by atoms with Gasteiger partial charge in [0.15, 0.2) is 0 Å². The second kappa shape index (κ2) is 16.2. The molecule has 0 bridgehead atoms. The third-order valence-corrected chi connectivity index (χ3v) is 8.68. The summed E-state index contributed by atoms with van der Waals surface area (Å²) in [6.45, 7) is 5.18. The third-order valence-electron chi connectivity index (χ3n) is 8.68. The molecule has 2 fully saturated rings. The number of benzene rings is 3. The maximum atomic E-state index is 13.0. The van der Waals surface area contributed by atoms with E-state index in [2.05, 4.69) is 15.1 Å². The molecular weight excluding hydrogens is 570 g/mol. The van der Waals surface area contributed by atoms with Crippen LogP contribution < -0.4 is 16.6 Å². The van der Waals surface area contributed by atoms with Crippen LogP contribution in [-0.4, -0.2) is 85.1 Å². The van der Waals surface area contributed by atoms with Gasteiger partial charge in [-0.25, -0.2) is 4.79 Å². The first kappa shape index (κ1) is 33.6. The van der Waals surface area contributed by atoms with Crippen LogP contribution in [0.2, 0.25) is 0 Å². The number of ether oxygens (including phenoxy) is 1. The Morgan fingerprint density at radius 3 is 2.13 bits per heavy atom. The predicted molar refractivity (Wildman–Crippen MR) is 174 cm³/mol. The smallest absolute Gasteiger partial charge is 0.411 e. The average Bonchev–Trinajstić information content (AvgIpc) is 3.05. The van der Waals surface area contributed by atoms with Gasteiger partial charge in [-0.1, -0.05) is 60.7 Å². The van der Waals surface area contributed by atoms with Gasteiger partial charge in [-0.15, -0.1) is 0 Å². The lowest BCUT2D eigenvalue weighted by Gasteiger charge is -2.32. The van der Waals surface area contributed by atoms with Crippen LogP contribution >= 0.6 is 0 Å². The van der Waals surface area contributed by atoms with Crippen LogP contribution in [0, 0.1) is 5.92 Å². The molecule has 240 valence electrons. The lowest BCUT2D eigenvalue weighted by Crippen LogP contribution is -2.42. The summed E-state index contributed by atoms with van der Waals surface area (Å²) in [5.74, 6) is -1.31. The SMILES string of the molecule is CN(CCN1CCC(OC(=O)Nc2ccccc2-c2ccccc2)CC1)C(=O)c1ccc(CN2CCC(C(=O)[O-])CC2)cc1.[NH4+]. The van der Waals surface area contributed by atoms with Gasteiger partial charge in [0, 0.05) is 62.8 Å². The Labute approximate surface area is 265 Å². The quantitative estimate of drug-likeness (QED) is 0.343. The summed E-state index contributed by atoms with van der Waals surface area (Å²) in [7, 11) is 1.82. The Morgan fingerprint density at radius 1 is 0.844 bits per heavy atom. The highest BCUT2D eigenvalue weighted by molar-refractivity contribution is 5.94. The van der Waals surface area contributed by atoms with Crippen LogP contribution in [0.15, 0.2) is 78.9 Å². The summed E-state index contributed by atoms with van der Waals surface area (Å²) in [6.07, 6.45) is 2.15. The Hall–Kier alpha value is -4.25. The van der Waals surface area contributed by atoms with Crippen molar-refractivity contribution in [1.29, 1.82) is 0 Å². The van der Waals surface area contributed by atoms with Gasteiger partial charge in [0.05, 0.1) is 5.69 Å². The summed E-state index contributed by atoms with van der Waals surface area (Å²) in [6, 6.07) is 25.3. The fourth-order valence-corrected chi connectivity index (χ4v) is 5.95. The van der Waals surface area contributed by atoms with Crippen molar-refractivity contribution in [2.45, 2.75) is 38.3 Å². The fourth-order valence-electron chi connectivity index (χ4n) is 5.95. The highest BCUT2D eigenvalue weighted by atomic mass is 16.6. The molecule has 0 aliphatic carbocycles. The molecule has 2 amide bonds. The molecule has 0 aromatic heterocycles. The number of likely N-dealkylation sites (tertiary alicyclic amines) is 2. The van der Waals surface area contributed by atoms with E-state index in [1.165, 1.54) is 0 Å². The Kier molecular flexibility index (Phi) is 12.1. The van der Waals surface area contributed by atoms with Crippen molar-refractivity contribution in [2.24, 2.45) is 5.92 Å². The topological polar surface area (TPSA) is 142 Å². The zero-order valence-electron chi connectivity index (χ0n) is 26.3. The molecule has 2 saturated heterocycles. The zero-order chi connectivity index (χ0) is 30.9. The highest BCUT2D eigenvalue weighted by Crippen LogP contribution is 2.28. The number of nitrogens with zero attached hydrogens (tertiary/aromatic N) is 3. The Bertz CT molecular complexity index is 1400. The molecule has 10 nitrogen and oxygen atoms in total. The summed E-state index contributed by atoms with van der Waals surface area (Å²) < 4.78 is 5.76. The van der Waals surface area contributed by atoms with Gasteiger partial charge in [-0.2, -0.15) is 0 Å². The van der Waals surface area contributed by atoms with Crippen molar-refractivity contribution < 1.29 is 24.2 Å². The number of aliphatic carboxylic acids is 1. The zero-order valence-corrected chi connectivity index (χ0v) is 26.3. The largest absolute Gasteiger partial charge is 0.550 e. The molecule has 3 aromatic rings. The number of quaternary nitrogens is 1. The number of hydrogen-bond donors (Lipinski definition) is 2. The van der Waals surface area contributed by atoms with Crippen LogP contribution in [0.5, 0.6) is 0 Å². The van der Waals surface area contributed by atoms with E-state index in [4.69, 9.17) is 4.74 Å². The lowest BCUT2D eigenvalue weighted by molar-refractivity contribution is -0.312. The van der Waals surface area contributed by atoms with Gasteiger partial charge >= 0.3 is 6.09 Å². The summed E-state index contributed by atoms with van der Waals surface area (Å²) >= 11 is 0. The molecule has 0 radical (unpaired) electrons. The molecule has 2 heterocycles. The molecule has 3 aromatic carbocycles. The molecule has 0 atom stereocenters. The van der Waals surface area contributed by atoms with E-state index in [-0.39, 0.29) is 24.1 Å². The van der Waals surface area contributed by atoms with Gasteiger partial charge in [-0.05, 0) is 68.1 Å². The van der Waals surface area contributed by atoms with Gasteiger partial charge in [-0.3, -0.25) is 15.0 Å². The molecule has 0 spiro atoms. The number of likely N-dealkylation sites (N-methyl/N-ethyl adjacent to an activating group) is 1. The van der Waals surface area contributed by atoms with Crippen molar-refractivity contribution in [3.05, 3.63) is 90.0 Å². The third kappa shape index (κ3) is 9.37. The van der Waals surface area contributed by atoms with Crippen LogP contribution in [0.4, 0.5) is 10.5 Å². The first-order chi connectivity index (χ1) is 21.4. The number of nitrogens with one attached hydrogen (secondary N) is 1. The number of carboxylic acid groups (broad SMARTS) is 1. The van der Waals surface area contributed by atoms with Crippen molar-refractivity contribution in [1.82, 2.24) is 20.9 Å². The molecule has 2 aliphatic heterocycles. The van der Waals surface area contributed by atoms with Crippen LogP contribution in [0.1, 0.15) is 41.6 Å². The van der Waals surface area contributed by atoms with E-state index in [0.29, 0.717) is 24.9 Å². The van der Waals surface area contributed by atoms with Crippen molar-refractivity contribution in [2.75, 3.05) is 51.6 Å². The van der Waals surface area contributed by atoms with E-state index < -0.39 is 12.1 Å². The minimum atomic E-state index is -0.948. The number of para-hydroxylation sites is 1. The van der Waals surface area contributed by atoms with E-state index >= 15 is 0 Å². The summed E-state index contributed by atoms with van der Waals surface area (Å²) in [5.41, 5.74) is 4.46. The van der Waals surface area contributed by atoms with Gasteiger partial charge in [0.2, 0.25) is 0 Å². The number of piperidine rings is 2. The lowest BCUT2D eigenvalue weighted by atomic mass is 9.97. The number of carbonyl (C=O) groups excluding carboxylic acids is 3. The van der Waals surface area contributed by atoms with E-state index in [1.54, 1.807) is 4.90 Å². The van der Waals surface area contributed by atoms with E-state index in [1.807, 2.05) is 85.9 Å². The predicted octanol–water partition coefficient (Wildman–Crippen LogP) is 4.48. The van der Waals surface area contributed by atoms with Crippen LogP contribution in [0.25, 0.3) is 11.1 Å². The molecule has 10 heteroatoms. The maximum absolute atomic E-state index is 13.0. The van der Waals surface area contributed by atoms with Gasteiger partial charge < -0.3 is 30.6 Å². The molecule has 2 aliphatic rings. The molecule has 5 N–H and O–H groups in total. The summed E-state index contributed by atoms with van der Waals surface area (Å²) in [4.78, 5) is 43.1. The first-order valence-corrected chi connectivity index (χ1v) is 15.5. The van der Waals surface area contributed by atoms with Gasteiger partial charge in [0.1, 0.15) is 6.10 Å². The Balaban J connectivity index is 0.00000461. The van der Waals surface area contributed by atoms with Crippen LogP contribution in [0.3, 0.4) is 0 Å². The van der Waals surface area contributed by atoms with E-state index in [0.717, 1.165) is 74.5 Å². The Morgan fingerprint density at radius 2 is 1.47 bits per heavy atom. The van der Waals surface area contributed by atoms with Crippen molar-refractivity contribution in [3.63, 3.8) is 0 Å².